The van der Waals surface area contributed by atoms with Gasteiger partial charge in [0.05, 0.1) is 18.8 Å². The molecule has 0 fully saturated rings. The number of ether oxygens (including phenoxy) is 1. The maximum Gasteiger partial charge on any atom is 0.0964 e. The van der Waals surface area contributed by atoms with E-state index in [2.05, 4.69) is 22.6 Å². The fraction of sp³-hybridized carbons (Fsp3) is 0.800. The van der Waals surface area contributed by atoms with Crippen molar-refractivity contribution in [3.63, 3.8) is 0 Å². The SMILES string of the molecule is CCCNCc1cn(CCOCC)nn1. The third-order valence-corrected chi connectivity index (χ3v) is 1.99. The first-order valence-electron chi connectivity index (χ1n) is 5.54. The van der Waals surface area contributed by atoms with Crippen LogP contribution in [0.2, 0.25) is 0 Å². The summed E-state index contributed by atoms with van der Waals surface area (Å²) in [5, 5.41) is 11.4. The van der Waals surface area contributed by atoms with Crippen LogP contribution < -0.4 is 5.32 Å². The average molecular weight is 212 g/mol. The highest BCUT2D eigenvalue weighted by Crippen LogP contribution is 1.92. The molecule has 1 N–H and O–H groups in total. The van der Waals surface area contributed by atoms with Gasteiger partial charge in [-0.2, -0.15) is 0 Å². The standard InChI is InChI=1S/C10H20N4O/c1-3-5-11-8-10-9-14(13-12-10)6-7-15-4-2/h9,11H,3-8H2,1-2H3. The molecule has 1 aromatic rings. The minimum Gasteiger partial charge on any atom is -0.380 e. The second kappa shape index (κ2) is 7.36. The van der Waals surface area contributed by atoms with Crippen molar-refractivity contribution < 1.29 is 4.74 Å². The van der Waals surface area contributed by atoms with Gasteiger partial charge in [-0.05, 0) is 19.9 Å². The molecule has 0 aliphatic heterocycles. The number of nitrogens with one attached hydrogen (secondary N) is 1. The molecule has 5 heteroatoms. The van der Waals surface area contributed by atoms with Gasteiger partial charge in [0, 0.05) is 19.3 Å². The van der Waals surface area contributed by atoms with E-state index < -0.39 is 0 Å². The first-order chi connectivity index (χ1) is 7.36. The average Bonchev–Trinajstić information content (AvgIpc) is 2.67. The molecule has 0 unspecified atom stereocenters. The number of hydrogen-bond acceptors (Lipinski definition) is 4. The van der Waals surface area contributed by atoms with Gasteiger partial charge in [0.15, 0.2) is 0 Å². The number of aromatic nitrogens is 3. The molecule has 0 aromatic carbocycles. The van der Waals surface area contributed by atoms with Crippen molar-refractivity contribution in [2.24, 2.45) is 0 Å². The van der Waals surface area contributed by atoms with Gasteiger partial charge >= 0.3 is 0 Å². The Morgan fingerprint density at radius 2 is 2.33 bits per heavy atom. The van der Waals surface area contributed by atoms with Crippen LogP contribution >= 0.6 is 0 Å². The lowest BCUT2D eigenvalue weighted by molar-refractivity contribution is 0.136. The van der Waals surface area contributed by atoms with Crippen molar-refractivity contribution in [1.29, 1.82) is 0 Å². The lowest BCUT2D eigenvalue weighted by atomic mass is 10.4. The quantitative estimate of drug-likeness (QED) is 0.648. The van der Waals surface area contributed by atoms with Gasteiger partial charge in [-0.3, -0.25) is 0 Å². The maximum atomic E-state index is 5.24. The van der Waals surface area contributed by atoms with E-state index in [1.807, 2.05) is 17.8 Å². The third-order valence-electron chi connectivity index (χ3n) is 1.99. The second-order valence-electron chi connectivity index (χ2n) is 3.35. The van der Waals surface area contributed by atoms with Crippen molar-refractivity contribution in [2.75, 3.05) is 19.8 Å². The Labute approximate surface area is 90.8 Å². The number of nitrogens with zero attached hydrogens (tertiary/aromatic N) is 3. The summed E-state index contributed by atoms with van der Waals surface area (Å²) >= 11 is 0. The van der Waals surface area contributed by atoms with Gasteiger partial charge in [-0.15, -0.1) is 5.10 Å². The first kappa shape index (κ1) is 12.1. The Bertz CT molecular complexity index is 237. The Morgan fingerprint density at radius 1 is 1.47 bits per heavy atom. The van der Waals surface area contributed by atoms with Gasteiger partial charge < -0.3 is 10.1 Å². The third kappa shape index (κ3) is 4.90. The molecule has 0 saturated carbocycles. The summed E-state index contributed by atoms with van der Waals surface area (Å²) in [5.41, 5.74) is 0.986. The Kier molecular flexibility index (Phi) is 5.96. The largest absolute Gasteiger partial charge is 0.380 e. The zero-order valence-corrected chi connectivity index (χ0v) is 9.57. The monoisotopic (exact) mass is 212 g/mol. The van der Waals surface area contributed by atoms with Crippen molar-refractivity contribution in [1.82, 2.24) is 20.3 Å². The normalized spacial score (nSPS) is 10.8. The molecule has 0 spiro atoms. The van der Waals surface area contributed by atoms with Crippen LogP contribution in [0, 0.1) is 0 Å². The first-order valence-corrected chi connectivity index (χ1v) is 5.54. The summed E-state index contributed by atoms with van der Waals surface area (Å²) in [5.74, 6) is 0. The number of rotatable bonds is 8. The summed E-state index contributed by atoms with van der Waals surface area (Å²) < 4.78 is 7.06. The van der Waals surface area contributed by atoms with Gasteiger partial charge in [-0.1, -0.05) is 12.1 Å². The molecular formula is C10H20N4O. The Balaban J connectivity index is 2.23. The van der Waals surface area contributed by atoms with E-state index in [1.165, 1.54) is 0 Å². The van der Waals surface area contributed by atoms with Gasteiger partial charge in [0.1, 0.15) is 0 Å². The highest BCUT2D eigenvalue weighted by molar-refractivity contribution is 4.91. The summed E-state index contributed by atoms with van der Waals surface area (Å²) in [6, 6.07) is 0. The van der Waals surface area contributed by atoms with Gasteiger partial charge in [0.25, 0.3) is 0 Å². The highest BCUT2D eigenvalue weighted by Gasteiger charge is 1.99. The molecule has 1 heterocycles. The summed E-state index contributed by atoms with van der Waals surface area (Å²) in [6.45, 7) is 8.16. The molecule has 0 aliphatic rings. The van der Waals surface area contributed by atoms with E-state index in [9.17, 15) is 0 Å². The molecule has 5 nitrogen and oxygen atoms in total. The van der Waals surface area contributed by atoms with Crippen LogP contribution in [0.5, 0.6) is 0 Å². The fourth-order valence-corrected chi connectivity index (χ4v) is 1.22. The van der Waals surface area contributed by atoms with Crippen molar-refractivity contribution in [3.8, 4) is 0 Å². The van der Waals surface area contributed by atoms with Gasteiger partial charge in [-0.25, -0.2) is 4.68 Å². The van der Waals surface area contributed by atoms with Crippen molar-refractivity contribution in [3.05, 3.63) is 11.9 Å². The number of hydrogen-bond donors (Lipinski definition) is 1. The summed E-state index contributed by atoms with van der Waals surface area (Å²) in [7, 11) is 0. The van der Waals surface area contributed by atoms with Crippen LogP contribution in [0.4, 0.5) is 0 Å². The van der Waals surface area contributed by atoms with Crippen LogP contribution in [0.15, 0.2) is 6.20 Å². The molecule has 0 saturated heterocycles. The molecule has 1 rings (SSSR count). The van der Waals surface area contributed by atoms with Crippen LogP contribution in [0.3, 0.4) is 0 Å². The lowest BCUT2D eigenvalue weighted by Crippen LogP contribution is -2.14. The minimum atomic E-state index is 0.696. The zero-order chi connectivity index (χ0) is 10.9. The van der Waals surface area contributed by atoms with E-state index in [0.717, 1.165) is 38.4 Å². The molecular weight excluding hydrogens is 192 g/mol. The topological polar surface area (TPSA) is 52.0 Å². The lowest BCUT2D eigenvalue weighted by Gasteiger charge is -2.00. The van der Waals surface area contributed by atoms with Crippen molar-refractivity contribution >= 4 is 0 Å². The molecule has 0 amide bonds. The molecule has 0 atom stereocenters. The molecule has 0 bridgehead atoms. The molecule has 1 aromatic heterocycles. The molecule has 86 valence electrons. The molecule has 0 aliphatic carbocycles. The summed E-state index contributed by atoms with van der Waals surface area (Å²) in [6.07, 6.45) is 3.10. The second-order valence-corrected chi connectivity index (χ2v) is 3.35. The van der Waals surface area contributed by atoms with E-state index in [0.29, 0.717) is 6.61 Å². The highest BCUT2D eigenvalue weighted by atomic mass is 16.5. The minimum absolute atomic E-state index is 0.696. The van der Waals surface area contributed by atoms with E-state index in [1.54, 1.807) is 0 Å². The van der Waals surface area contributed by atoms with Crippen molar-refractivity contribution in [2.45, 2.75) is 33.4 Å². The Hall–Kier alpha value is -0.940. The molecule has 15 heavy (non-hydrogen) atoms. The predicted molar refractivity (Wildman–Crippen MR) is 58.5 cm³/mol. The van der Waals surface area contributed by atoms with Crippen LogP contribution in [-0.4, -0.2) is 34.8 Å². The molecule has 0 radical (unpaired) electrons. The summed E-state index contributed by atoms with van der Waals surface area (Å²) in [4.78, 5) is 0. The van der Waals surface area contributed by atoms with E-state index >= 15 is 0 Å². The van der Waals surface area contributed by atoms with Gasteiger partial charge in [0.2, 0.25) is 0 Å². The van der Waals surface area contributed by atoms with Crippen LogP contribution in [0.1, 0.15) is 26.0 Å². The zero-order valence-electron chi connectivity index (χ0n) is 9.57. The Morgan fingerprint density at radius 3 is 3.07 bits per heavy atom. The van der Waals surface area contributed by atoms with E-state index in [4.69, 9.17) is 4.74 Å². The maximum absolute atomic E-state index is 5.24. The smallest absolute Gasteiger partial charge is 0.0964 e. The van der Waals surface area contributed by atoms with Crippen LogP contribution in [-0.2, 0) is 17.8 Å². The van der Waals surface area contributed by atoms with Crippen LogP contribution in [0.25, 0.3) is 0 Å². The fourth-order valence-electron chi connectivity index (χ4n) is 1.22. The van der Waals surface area contributed by atoms with E-state index in [-0.39, 0.29) is 0 Å². The predicted octanol–water partition coefficient (Wildman–Crippen LogP) is 0.814.